The van der Waals surface area contributed by atoms with E-state index in [1.165, 1.54) is 88.5 Å². The number of aryl methyl sites for hydroxylation is 1. The molecule has 2 heterocycles. The highest BCUT2D eigenvalue weighted by molar-refractivity contribution is 6.23. The van der Waals surface area contributed by atoms with Crippen LogP contribution < -0.4 is 11.1 Å². The van der Waals surface area contributed by atoms with Crippen LogP contribution in [0.1, 0.15) is 137 Å². The molecule has 0 aliphatic carbocycles. The molecule has 3 N–H and O–H groups in total. The number of piperazine rings is 1. The first-order valence-corrected chi connectivity index (χ1v) is 20.6. The third-order valence-corrected chi connectivity index (χ3v) is 9.21. The number of rotatable bonds is 15. The van der Waals surface area contributed by atoms with Gasteiger partial charge in [-0.2, -0.15) is 0 Å². The van der Waals surface area contributed by atoms with Crippen LogP contribution in [0.15, 0.2) is 83.8 Å². The number of hydrogen-bond donors (Lipinski definition) is 2. The minimum absolute atomic E-state index is 0.774. The highest BCUT2D eigenvalue weighted by Crippen LogP contribution is 2.24. The molecule has 0 atom stereocenters. The van der Waals surface area contributed by atoms with Gasteiger partial charge in [0.2, 0.25) is 0 Å². The van der Waals surface area contributed by atoms with Gasteiger partial charge in [0.15, 0.2) is 0 Å². The van der Waals surface area contributed by atoms with Gasteiger partial charge in [-0.1, -0.05) is 142 Å². The van der Waals surface area contributed by atoms with Gasteiger partial charge in [0.05, 0.1) is 0 Å². The van der Waals surface area contributed by atoms with E-state index in [1.54, 1.807) is 0 Å². The molecule has 2 fully saturated rings. The molecule has 0 spiro atoms. The maximum absolute atomic E-state index is 6.38. The molecule has 5 heteroatoms. The van der Waals surface area contributed by atoms with E-state index in [4.69, 9.17) is 10.7 Å². The minimum atomic E-state index is 0.774. The van der Waals surface area contributed by atoms with Gasteiger partial charge in [0, 0.05) is 43.2 Å². The molecule has 51 heavy (non-hydrogen) atoms. The van der Waals surface area contributed by atoms with Crippen molar-refractivity contribution in [1.82, 2.24) is 15.1 Å². The Labute approximate surface area is 315 Å². The summed E-state index contributed by atoms with van der Waals surface area (Å²) in [5.74, 6) is 1.88. The monoisotopic (exact) mass is 700 g/mol. The Balaban J connectivity index is 0.00000173. The number of hydrogen-bond acceptors (Lipinski definition) is 5. The van der Waals surface area contributed by atoms with E-state index < -0.39 is 0 Å². The maximum Gasteiger partial charge on any atom is 0.129 e. The summed E-state index contributed by atoms with van der Waals surface area (Å²) in [5.41, 5.74) is 13.7. The van der Waals surface area contributed by atoms with Crippen LogP contribution in [-0.4, -0.2) is 61.3 Å². The lowest BCUT2D eigenvalue weighted by Gasteiger charge is -2.30. The molecule has 5 nitrogen and oxygen atoms in total. The van der Waals surface area contributed by atoms with E-state index in [0.717, 1.165) is 72.5 Å². The van der Waals surface area contributed by atoms with E-state index in [2.05, 4.69) is 91.9 Å². The van der Waals surface area contributed by atoms with Crippen LogP contribution >= 0.6 is 0 Å². The number of aliphatic imine (C=N–C) groups is 1. The van der Waals surface area contributed by atoms with E-state index in [1.807, 2.05) is 52.8 Å². The molecule has 0 bridgehead atoms. The number of unbranched alkanes of at least 4 members (excludes halogenated alkanes) is 5. The van der Waals surface area contributed by atoms with Crippen LogP contribution in [0.25, 0.3) is 11.1 Å². The largest absolute Gasteiger partial charge is 0.402 e. The maximum atomic E-state index is 6.38. The fourth-order valence-electron chi connectivity index (χ4n) is 6.47. The van der Waals surface area contributed by atoms with Crippen LogP contribution in [0.3, 0.4) is 0 Å². The lowest BCUT2D eigenvalue weighted by Crippen LogP contribution is -2.42. The second-order valence-electron chi connectivity index (χ2n) is 13.7. The van der Waals surface area contributed by atoms with Crippen LogP contribution in [0, 0.1) is 5.92 Å². The fraction of sp³-hybridized carbons (Fsp3) is 0.587. The van der Waals surface area contributed by atoms with Crippen molar-refractivity contribution in [2.75, 3.05) is 45.8 Å². The molecule has 2 aliphatic heterocycles. The molecule has 0 unspecified atom stereocenters. The number of allylic oxidation sites excluding steroid dienone is 4. The zero-order chi connectivity index (χ0) is 37.9. The summed E-state index contributed by atoms with van der Waals surface area (Å²) in [6, 6.07) is 19.3. The molecule has 286 valence electrons. The third kappa shape index (κ3) is 18.3. The summed E-state index contributed by atoms with van der Waals surface area (Å²) in [6.07, 6.45) is 15.3. The van der Waals surface area contributed by atoms with Crippen molar-refractivity contribution in [2.24, 2.45) is 16.6 Å². The van der Waals surface area contributed by atoms with Gasteiger partial charge in [-0.05, 0) is 99.8 Å². The second-order valence-corrected chi connectivity index (χ2v) is 13.7. The Bertz CT molecular complexity index is 1270. The second kappa shape index (κ2) is 28.4. The normalized spacial score (nSPS) is 16.1. The number of benzene rings is 2. The SMILES string of the molecule is C=C(\C=C(/N=C(C)/C(=C(/C)N)c1ccccc1)N1CCNCC1)c1cccc(CCCCCCCCN2CCC(C)CC2)c1.CC.CC.CCC. The van der Waals surface area contributed by atoms with Gasteiger partial charge in [0.25, 0.3) is 0 Å². The smallest absolute Gasteiger partial charge is 0.129 e. The molecule has 0 aromatic heterocycles. The van der Waals surface area contributed by atoms with Crippen molar-refractivity contribution >= 4 is 16.9 Å². The van der Waals surface area contributed by atoms with E-state index in [9.17, 15) is 0 Å². The Morgan fingerprint density at radius 2 is 1.39 bits per heavy atom. The van der Waals surface area contributed by atoms with Gasteiger partial charge >= 0.3 is 0 Å². The molecular weight excluding hydrogens is 623 g/mol. The van der Waals surface area contributed by atoms with Crippen molar-refractivity contribution in [1.29, 1.82) is 0 Å². The first kappa shape index (κ1) is 45.9. The highest BCUT2D eigenvalue weighted by Gasteiger charge is 2.17. The van der Waals surface area contributed by atoms with Crippen molar-refractivity contribution in [3.63, 3.8) is 0 Å². The molecule has 2 aromatic rings. The van der Waals surface area contributed by atoms with Crippen molar-refractivity contribution in [3.05, 3.63) is 95.5 Å². The topological polar surface area (TPSA) is 56.9 Å². The predicted molar refractivity (Wildman–Crippen MR) is 229 cm³/mol. The van der Waals surface area contributed by atoms with Gasteiger partial charge in [-0.25, -0.2) is 4.99 Å². The number of nitrogens with two attached hydrogens (primary N) is 1. The summed E-state index contributed by atoms with van der Waals surface area (Å²) in [4.78, 5) is 10.2. The highest BCUT2D eigenvalue weighted by atomic mass is 15.3. The minimum Gasteiger partial charge on any atom is -0.402 e. The van der Waals surface area contributed by atoms with Crippen LogP contribution in [0.4, 0.5) is 0 Å². The number of nitrogens with one attached hydrogen (secondary N) is 1. The summed E-state index contributed by atoms with van der Waals surface area (Å²) in [5, 5.41) is 3.46. The fourth-order valence-corrected chi connectivity index (χ4v) is 6.47. The molecule has 4 rings (SSSR count). The van der Waals surface area contributed by atoms with Gasteiger partial charge < -0.3 is 20.9 Å². The standard InChI is InChI=1S/C39H57N5.C3H8.2C2H6/c1-31-20-25-43(26-21-31)24-13-8-6-5-7-10-15-35-16-14-19-37(30-35)32(2)29-38(44-27-22-41-23-28-44)42-34(4)39(33(3)40)36-17-11-9-12-18-36;1-3-2;2*1-2/h9,11-12,14,16-19,29-31,41H,2,5-8,10,13,15,20-28,40H2,1,3-4H3;3H2,1-2H3;2*1-2H3/b38-29+,39-33+,42-34+;;;. The summed E-state index contributed by atoms with van der Waals surface area (Å²) < 4.78 is 0. The molecule has 0 radical (unpaired) electrons. The first-order chi connectivity index (χ1) is 24.8. The molecule has 0 amide bonds. The van der Waals surface area contributed by atoms with Gasteiger partial charge in [0.1, 0.15) is 5.82 Å². The first-order valence-electron chi connectivity index (χ1n) is 20.6. The summed E-state index contributed by atoms with van der Waals surface area (Å²) in [7, 11) is 0. The van der Waals surface area contributed by atoms with Crippen LogP contribution in [0.5, 0.6) is 0 Å². The van der Waals surface area contributed by atoms with Crippen molar-refractivity contribution in [3.8, 4) is 0 Å². The van der Waals surface area contributed by atoms with Crippen LogP contribution in [0.2, 0.25) is 0 Å². The summed E-state index contributed by atoms with van der Waals surface area (Å²) >= 11 is 0. The quantitative estimate of drug-likeness (QED) is 0.110. The zero-order valence-corrected chi connectivity index (χ0v) is 34.5. The zero-order valence-electron chi connectivity index (χ0n) is 34.5. The van der Waals surface area contributed by atoms with Crippen LogP contribution in [-0.2, 0) is 6.42 Å². The van der Waals surface area contributed by atoms with E-state index in [-0.39, 0.29) is 0 Å². The number of piperidine rings is 1. The molecular formula is C46H77N5. The Morgan fingerprint density at radius 1 is 0.824 bits per heavy atom. The number of nitrogens with zero attached hydrogens (tertiary/aromatic N) is 3. The van der Waals surface area contributed by atoms with E-state index >= 15 is 0 Å². The number of likely N-dealkylation sites (tertiary alicyclic amines) is 1. The summed E-state index contributed by atoms with van der Waals surface area (Å²) in [6.45, 7) is 30.8. The molecule has 0 saturated carbocycles. The van der Waals surface area contributed by atoms with Crippen molar-refractivity contribution < 1.29 is 0 Å². The Hall–Kier alpha value is -3.15. The van der Waals surface area contributed by atoms with Gasteiger partial charge in [-0.3, -0.25) is 0 Å². The third-order valence-electron chi connectivity index (χ3n) is 9.21. The van der Waals surface area contributed by atoms with Gasteiger partial charge in [-0.15, -0.1) is 0 Å². The molecule has 2 aromatic carbocycles. The lowest BCUT2D eigenvalue weighted by molar-refractivity contribution is 0.189. The van der Waals surface area contributed by atoms with E-state index in [0.29, 0.717) is 0 Å². The molecule has 2 aliphatic rings. The van der Waals surface area contributed by atoms with Crippen molar-refractivity contribution in [2.45, 2.75) is 127 Å². The molecule has 2 saturated heterocycles. The Kier molecular flexibility index (Phi) is 25.6. The lowest BCUT2D eigenvalue weighted by atomic mass is 9.98. The average Bonchev–Trinajstić information content (AvgIpc) is 3.16. The average molecular weight is 700 g/mol. The predicted octanol–water partition coefficient (Wildman–Crippen LogP) is 11.4. The Morgan fingerprint density at radius 3 is 2.00 bits per heavy atom.